The van der Waals surface area contributed by atoms with Gasteiger partial charge in [0.15, 0.2) is 0 Å². The molecular weight excluding hydrogens is 867 g/mol. The van der Waals surface area contributed by atoms with Gasteiger partial charge in [-0.2, -0.15) is 0 Å². The molecule has 406 valence electrons. The van der Waals surface area contributed by atoms with E-state index in [2.05, 4.69) is 127 Å². The Labute approximate surface area is 435 Å². The van der Waals surface area contributed by atoms with Gasteiger partial charge >= 0.3 is 0 Å². The molecule has 1 aliphatic carbocycles. The molecule has 70 heavy (non-hydrogen) atoms. The molecule has 1 saturated heterocycles. The van der Waals surface area contributed by atoms with Crippen molar-refractivity contribution in [2.24, 2.45) is 34.6 Å². The van der Waals surface area contributed by atoms with Crippen molar-refractivity contribution in [1.82, 2.24) is 5.32 Å². The van der Waals surface area contributed by atoms with E-state index in [-0.39, 0.29) is 5.92 Å². The number of halogens is 2. The Morgan fingerprint density at radius 3 is 1.77 bits per heavy atom. The van der Waals surface area contributed by atoms with E-state index >= 15 is 0 Å². The number of nitrogens with zero attached hydrogens (tertiary/aromatic N) is 1. The summed E-state index contributed by atoms with van der Waals surface area (Å²) < 4.78 is 31.3. The van der Waals surface area contributed by atoms with Gasteiger partial charge in [-0.1, -0.05) is 194 Å². The number of hydrogen-bond acceptors (Lipinski definition) is 4. The van der Waals surface area contributed by atoms with Crippen molar-refractivity contribution in [3.63, 3.8) is 0 Å². The molecule has 1 aliphatic heterocycles. The summed E-state index contributed by atoms with van der Waals surface area (Å²) in [4.78, 5) is 18.5. The van der Waals surface area contributed by atoms with Crippen molar-refractivity contribution in [3.8, 4) is 0 Å². The lowest BCUT2D eigenvalue weighted by Crippen LogP contribution is -2.40. The molecule has 2 fully saturated rings. The lowest BCUT2D eigenvalue weighted by atomic mass is 9.65. The highest BCUT2D eigenvalue weighted by atomic mass is 19.1. The second-order valence-electron chi connectivity index (χ2n) is 20.0. The average Bonchev–Trinajstić information content (AvgIpc) is 3.31. The summed E-state index contributed by atoms with van der Waals surface area (Å²) in [6.45, 7) is 53.7. The van der Waals surface area contributed by atoms with Gasteiger partial charge < -0.3 is 10.1 Å². The van der Waals surface area contributed by atoms with Crippen LogP contribution in [0.2, 0.25) is 0 Å². The monoisotopic (exact) mass is 981 g/mol. The standard InChI is InChI=1S/C37H53FN2O.C8H16.C6H13F.C4H8O.C4H10.C3H8.C2H6/c1-12-18-34(33(38)17-6)40-30(11)29(10)35(39-23-15-4)25-27(8)31-19-20-32(28(9)24-31)37(21-13-2,22-14-3)36(41)26(7)16-5;1-3-4-8-5-7(2)6-8;1-3-5-6(7)4-2;1-4-2-5-3-4;1-4(2)3;1-3-2;1-2/h12,17-20,23-26,40H,6,8,13-16,21-22H2,1-5,7,9-11H3;7-8H,3-6H2,1-2H3;6H,3-5H2,1-2H3;4H,2-3H2,1H3;4H,1-3H3;3H2,1-2H3;1-2H3/b18-12-,30-29+,34-33-,35-25+,39-23?;;;;;;. The van der Waals surface area contributed by atoms with Gasteiger partial charge in [-0.3, -0.25) is 9.79 Å². The quantitative estimate of drug-likeness (QED) is 0.0930. The van der Waals surface area contributed by atoms with Gasteiger partial charge in [-0.05, 0) is 143 Å². The third-order valence-corrected chi connectivity index (χ3v) is 11.8. The number of carbonyl (C=O) groups excluding carboxylic acids is 1. The van der Waals surface area contributed by atoms with Crippen molar-refractivity contribution in [2.45, 2.75) is 247 Å². The predicted octanol–water partition coefficient (Wildman–Crippen LogP) is 20.8. The topological polar surface area (TPSA) is 50.7 Å². The van der Waals surface area contributed by atoms with E-state index < -0.39 is 17.4 Å². The number of allylic oxidation sites excluding steroid dienone is 8. The molecule has 1 saturated carbocycles. The Bertz CT molecular complexity index is 1640. The maximum absolute atomic E-state index is 14.4. The van der Waals surface area contributed by atoms with Crippen molar-refractivity contribution in [2.75, 3.05) is 13.2 Å². The number of aryl methyl sites for hydroxylation is 1. The molecule has 1 heterocycles. The van der Waals surface area contributed by atoms with Gasteiger partial charge in [0.2, 0.25) is 0 Å². The van der Waals surface area contributed by atoms with Crippen LogP contribution in [0.3, 0.4) is 0 Å². The Morgan fingerprint density at radius 2 is 1.43 bits per heavy atom. The van der Waals surface area contributed by atoms with E-state index in [9.17, 15) is 13.6 Å². The number of Topliss-reactive ketones (excluding diaryl/α,β-unsaturated/α-hetero) is 1. The highest BCUT2D eigenvalue weighted by Gasteiger charge is 2.41. The molecule has 1 aromatic carbocycles. The molecule has 6 heteroatoms. The fourth-order valence-electron chi connectivity index (χ4n) is 7.89. The second-order valence-corrected chi connectivity index (χ2v) is 20.0. The number of alkyl halides is 1. The minimum Gasteiger partial charge on any atom is -0.381 e. The Morgan fingerprint density at radius 1 is 0.900 bits per heavy atom. The molecule has 0 amide bonds. The van der Waals surface area contributed by atoms with E-state index in [1.165, 1.54) is 38.2 Å². The summed E-state index contributed by atoms with van der Waals surface area (Å²) >= 11 is 0. The number of benzene rings is 1. The number of aliphatic imine (C=N–C) groups is 1. The molecule has 2 unspecified atom stereocenters. The molecule has 2 atom stereocenters. The van der Waals surface area contributed by atoms with Gasteiger partial charge in [0, 0.05) is 23.7 Å². The zero-order chi connectivity index (χ0) is 54.8. The van der Waals surface area contributed by atoms with Gasteiger partial charge in [0.25, 0.3) is 0 Å². The number of rotatable bonds is 22. The summed E-state index contributed by atoms with van der Waals surface area (Å²) in [5.41, 5.74) is 6.35. The molecule has 0 spiro atoms. The van der Waals surface area contributed by atoms with Gasteiger partial charge in [0.1, 0.15) is 11.6 Å². The third-order valence-electron chi connectivity index (χ3n) is 11.8. The van der Waals surface area contributed by atoms with Crippen molar-refractivity contribution < 1.29 is 18.3 Å². The lowest BCUT2D eigenvalue weighted by Gasteiger charge is -2.36. The first kappa shape index (κ1) is 73.2. The summed E-state index contributed by atoms with van der Waals surface area (Å²) in [5, 5.41) is 3.17. The smallest absolute Gasteiger partial charge is 0.146 e. The Hall–Kier alpha value is -3.38. The Balaban J connectivity index is -0.000000596. The van der Waals surface area contributed by atoms with Gasteiger partial charge in [-0.15, -0.1) is 0 Å². The molecule has 1 aromatic rings. The Kier molecular flexibility index (Phi) is 47.5. The van der Waals surface area contributed by atoms with Crippen LogP contribution in [0.15, 0.2) is 89.1 Å². The van der Waals surface area contributed by atoms with Crippen LogP contribution in [-0.2, 0) is 14.9 Å². The predicted molar refractivity (Wildman–Crippen MR) is 312 cm³/mol. The molecule has 0 aromatic heterocycles. The van der Waals surface area contributed by atoms with Crippen molar-refractivity contribution in [1.29, 1.82) is 0 Å². The largest absolute Gasteiger partial charge is 0.381 e. The normalized spacial score (nSPS) is 16.9. The van der Waals surface area contributed by atoms with Crippen LogP contribution in [0.25, 0.3) is 5.57 Å². The summed E-state index contributed by atoms with van der Waals surface area (Å²) in [6.07, 6.45) is 22.7. The van der Waals surface area contributed by atoms with Gasteiger partial charge in [0.05, 0.1) is 36.2 Å². The molecular formula is C64H114F2N2O2. The fraction of sp³-hybridized carbons (Fsp3) is 0.688. The highest BCUT2D eigenvalue weighted by molar-refractivity contribution is 5.92. The average molecular weight is 982 g/mol. The van der Waals surface area contributed by atoms with E-state index in [4.69, 9.17) is 9.73 Å². The second kappa shape index (κ2) is 45.5. The van der Waals surface area contributed by atoms with Crippen LogP contribution in [0.5, 0.6) is 0 Å². The number of hydrogen-bond donors (Lipinski definition) is 1. The third kappa shape index (κ3) is 31.8. The van der Waals surface area contributed by atoms with Crippen LogP contribution in [-0.4, -0.2) is 31.4 Å². The molecule has 0 radical (unpaired) electrons. The number of ketones is 1. The summed E-state index contributed by atoms with van der Waals surface area (Å²) in [6, 6.07) is 6.38. The van der Waals surface area contributed by atoms with Crippen LogP contribution in [0, 0.1) is 36.5 Å². The van der Waals surface area contributed by atoms with Crippen LogP contribution in [0.1, 0.15) is 245 Å². The molecule has 1 N–H and O–H groups in total. The van der Waals surface area contributed by atoms with E-state index in [1.54, 1.807) is 12.2 Å². The fourth-order valence-corrected chi connectivity index (χ4v) is 7.89. The minimum atomic E-state index is -0.551. The molecule has 3 rings (SSSR count). The SMILES string of the molecule is C=C/C(F)=C(\C=C/C)N/C(C)=C(C)/C(=C\C(=C)c1ccc(C(CCC)(CCC)C(=O)C(C)CC)c(C)c1)N=CCC.CC.CC(C)C.CC1COC1.CCC.CCCC(F)CC.CCCC1CC(C)C1. The zero-order valence-corrected chi connectivity index (χ0v) is 49.8. The minimum absolute atomic E-state index is 0.0267. The number of nitrogens with one attached hydrogen (secondary N) is 1. The maximum atomic E-state index is 14.4. The summed E-state index contributed by atoms with van der Waals surface area (Å²) in [5.74, 6) is 3.79. The summed E-state index contributed by atoms with van der Waals surface area (Å²) in [7, 11) is 0. The highest BCUT2D eigenvalue weighted by Crippen LogP contribution is 2.41. The van der Waals surface area contributed by atoms with E-state index in [0.29, 0.717) is 17.9 Å². The van der Waals surface area contributed by atoms with Gasteiger partial charge in [-0.25, -0.2) is 8.78 Å². The zero-order valence-electron chi connectivity index (χ0n) is 49.8. The number of carbonyl (C=O) groups is 1. The van der Waals surface area contributed by atoms with Crippen LogP contribution < -0.4 is 5.32 Å². The van der Waals surface area contributed by atoms with E-state index in [1.807, 2.05) is 67.7 Å². The number of ether oxygens (including phenoxy) is 1. The van der Waals surface area contributed by atoms with Crippen LogP contribution in [0.4, 0.5) is 8.78 Å². The first-order valence-corrected chi connectivity index (χ1v) is 28.1. The van der Waals surface area contributed by atoms with Crippen molar-refractivity contribution >= 4 is 17.6 Å². The first-order valence-electron chi connectivity index (χ1n) is 28.1. The molecule has 4 nitrogen and oxygen atoms in total. The molecule has 2 aliphatic rings. The van der Waals surface area contributed by atoms with E-state index in [0.717, 1.165) is 127 Å². The molecule has 0 bridgehead atoms. The lowest BCUT2D eigenvalue weighted by molar-refractivity contribution is -0.129. The maximum Gasteiger partial charge on any atom is 0.146 e. The first-order chi connectivity index (χ1) is 33.1. The van der Waals surface area contributed by atoms with Crippen LogP contribution >= 0.6 is 0 Å². The van der Waals surface area contributed by atoms with Crippen molar-refractivity contribution in [3.05, 3.63) is 101 Å².